The lowest BCUT2D eigenvalue weighted by molar-refractivity contribution is -0.117. The van der Waals surface area contributed by atoms with Gasteiger partial charge >= 0.3 is 0 Å². The van der Waals surface area contributed by atoms with Crippen LogP contribution in [0.1, 0.15) is 63.5 Å². The molecule has 0 aliphatic heterocycles. The van der Waals surface area contributed by atoms with E-state index in [4.69, 9.17) is 0 Å². The average molecular weight is 434 g/mol. The molecule has 0 aliphatic rings. The fourth-order valence-electron chi connectivity index (χ4n) is 3.64. The maximum atomic E-state index is 12.3. The summed E-state index contributed by atoms with van der Waals surface area (Å²) in [5, 5.41) is 3.08. The third-order valence-electron chi connectivity index (χ3n) is 5.56. The topological polar surface area (TPSA) is 45.2 Å². The van der Waals surface area contributed by atoms with E-state index in [9.17, 15) is 4.79 Å². The SMILES string of the molecule is CCCCCC(=CC=CC(=O)N[C@H](C)CCCc1cccnc1)c1ccc(N(C)C)cc1. The number of nitrogens with zero attached hydrogens (tertiary/aromatic N) is 2. The molecule has 2 rings (SSSR count). The number of carbonyl (C=O) groups excluding carboxylic acids is 1. The van der Waals surface area contributed by atoms with E-state index in [0.29, 0.717) is 0 Å². The molecule has 1 amide bonds. The summed E-state index contributed by atoms with van der Waals surface area (Å²) in [5.74, 6) is -0.0361. The highest BCUT2D eigenvalue weighted by Crippen LogP contribution is 2.24. The van der Waals surface area contributed by atoms with Crippen LogP contribution in [0.15, 0.2) is 67.0 Å². The molecule has 0 spiro atoms. The number of unbranched alkanes of at least 4 members (excludes halogenated alkanes) is 2. The Kier molecular flexibility index (Phi) is 11.3. The largest absolute Gasteiger partial charge is 0.378 e. The molecule has 0 saturated heterocycles. The third kappa shape index (κ3) is 9.51. The Labute approximate surface area is 194 Å². The minimum atomic E-state index is -0.0361. The zero-order valence-corrected chi connectivity index (χ0v) is 20.2. The number of anilines is 1. The van der Waals surface area contributed by atoms with E-state index in [0.717, 1.165) is 32.1 Å². The van der Waals surface area contributed by atoms with Crippen molar-refractivity contribution in [3.05, 3.63) is 78.1 Å². The molecule has 0 unspecified atom stereocenters. The van der Waals surface area contributed by atoms with Crippen molar-refractivity contribution in [1.82, 2.24) is 10.3 Å². The fraction of sp³-hybridized carbons (Fsp3) is 0.429. The first-order chi connectivity index (χ1) is 15.5. The van der Waals surface area contributed by atoms with Gasteiger partial charge in [-0.15, -0.1) is 0 Å². The van der Waals surface area contributed by atoms with Crippen LogP contribution in [0, 0.1) is 0 Å². The lowest BCUT2D eigenvalue weighted by Gasteiger charge is -2.14. The normalized spacial score (nSPS) is 12.7. The fourth-order valence-corrected chi connectivity index (χ4v) is 3.64. The monoisotopic (exact) mass is 433 g/mol. The second kappa shape index (κ2) is 14.2. The number of amides is 1. The van der Waals surface area contributed by atoms with Crippen molar-refractivity contribution in [1.29, 1.82) is 0 Å². The van der Waals surface area contributed by atoms with Crippen molar-refractivity contribution < 1.29 is 4.79 Å². The van der Waals surface area contributed by atoms with Gasteiger partial charge in [-0.05, 0) is 73.9 Å². The van der Waals surface area contributed by atoms with E-state index in [-0.39, 0.29) is 11.9 Å². The predicted molar refractivity (Wildman–Crippen MR) is 137 cm³/mol. The molecule has 1 atom stereocenters. The van der Waals surface area contributed by atoms with Crippen LogP contribution in [-0.2, 0) is 11.2 Å². The van der Waals surface area contributed by atoms with Gasteiger partial charge in [0, 0.05) is 44.3 Å². The molecule has 4 nitrogen and oxygen atoms in total. The Morgan fingerprint density at radius 3 is 2.56 bits per heavy atom. The summed E-state index contributed by atoms with van der Waals surface area (Å²) in [6, 6.07) is 12.8. The number of benzene rings is 1. The van der Waals surface area contributed by atoms with Gasteiger partial charge in [-0.1, -0.05) is 50.1 Å². The molecule has 172 valence electrons. The number of nitrogens with one attached hydrogen (secondary N) is 1. The number of pyridine rings is 1. The predicted octanol–water partition coefficient (Wildman–Crippen LogP) is 6.20. The standard InChI is InChI=1S/C28H39N3O/c1-5-6-7-14-25(26-17-19-27(20-18-26)31(3)4)15-9-16-28(32)30-23(2)11-8-12-24-13-10-21-29-22-24/h9-10,13,15-23H,5-8,11-12,14H2,1-4H3,(H,30,32)/t23-/m1/s1. The summed E-state index contributed by atoms with van der Waals surface area (Å²) in [7, 11) is 4.10. The zero-order chi connectivity index (χ0) is 23.2. The Hall–Kier alpha value is -2.88. The lowest BCUT2D eigenvalue weighted by atomic mass is 9.98. The summed E-state index contributed by atoms with van der Waals surface area (Å²) in [6.07, 6.45) is 16.9. The van der Waals surface area contributed by atoms with Crippen molar-refractivity contribution in [3.63, 3.8) is 0 Å². The van der Waals surface area contributed by atoms with Gasteiger partial charge in [0.1, 0.15) is 0 Å². The number of allylic oxidation sites excluding steroid dienone is 3. The maximum Gasteiger partial charge on any atom is 0.244 e. The number of aryl methyl sites for hydroxylation is 1. The van der Waals surface area contributed by atoms with Gasteiger partial charge in [0.2, 0.25) is 5.91 Å². The van der Waals surface area contributed by atoms with Gasteiger partial charge in [0.25, 0.3) is 0 Å². The minimum absolute atomic E-state index is 0.0361. The number of carbonyl (C=O) groups is 1. The van der Waals surface area contributed by atoms with Crippen molar-refractivity contribution >= 4 is 17.2 Å². The van der Waals surface area contributed by atoms with E-state index < -0.39 is 0 Å². The van der Waals surface area contributed by atoms with Crippen LogP contribution in [0.4, 0.5) is 5.69 Å². The first kappa shape index (κ1) is 25.4. The summed E-state index contributed by atoms with van der Waals surface area (Å²) >= 11 is 0. The molecular weight excluding hydrogens is 394 g/mol. The molecule has 0 radical (unpaired) electrons. The van der Waals surface area contributed by atoms with Crippen LogP contribution in [0.25, 0.3) is 5.57 Å². The van der Waals surface area contributed by atoms with Crippen molar-refractivity contribution in [2.75, 3.05) is 19.0 Å². The Morgan fingerprint density at radius 1 is 1.12 bits per heavy atom. The van der Waals surface area contributed by atoms with Gasteiger partial charge in [-0.2, -0.15) is 0 Å². The molecule has 0 fully saturated rings. The molecule has 1 aromatic heterocycles. The molecular formula is C28H39N3O. The highest BCUT2D eigenvalue weighted by atomic mass is 16.1. The molecule has 32 heavy (non-hydrogen) atoms. The van der Waals surface area contributed by atoms with E-state index in [1.165, 1.54) is 35.2 Å². The van der Waals surface area contributed by atoms with Crippen LogP contribution in [0.3, 0.4) is 0 Å². The van der Waals surface area contributed by atoms with Crippen molar-refractivity contribution in [2.24, 2.45) is 0 Å². The molecule has 1 heterocycles. The molecule has 1 N–H and O–H groups in total. The van der Waals surface area contributed by atoms with Gasteiger partial charge in [-0.3, -0.25) is 9.78 Å². The van der Waals surface area contributed by atoms with Crippen LogP contribution in [-0.4, -0.2) is 31.0 Å². The van der Waals surface area contributed by atoms with Crippen LogP contribution >= 0.6 is 0 Å². The summed E-state index contributed by atoms with van der Waals surface area (Å²) in [6.45, 7) is 4.28. The van der Waals surface area contributed by atoms with Crippen LogP contribution < -0.4 is 10.2 Å². The second-order valence-corrected chi connectivity index (χ2v) is 8.61. The second-order valence-electron chi connectivity index (χ2n) is 8.61. The Balaban J connectivity index is 1.89. The van der Waals surface area contributed by atoms with E-state index in [1.807, 2.05) is 32.4 Å². The maximum absolute atomic E-state index is 12.3. The summed E-state index contributed by atoms with van der Waals surface area (Å²) < 4.78 is 0. The molecule has 0 bridgehead atoms. The first-order valence-electron chi connectivity index (χ1n) is 11.8. The number of rotatable bonds is 13. The minimum Gasteiger partial charge on any atom is -0.378 e. The Morgan fingerprint density at radius 2 is 1.91 bits per heavy atom. The van der Waals surface area contributed by atoms with Gasteiger partial charge in [-0.25, -0.2) is 0 Å². The molecule has 0 saturated carbocycles. The number of hydrogen-bond acceptors (Lipinski definition) is 3. The third-order valence-corrected chi connectivity index (χ3v) is 5.56. The van der Waals surface area contributed by atoms with Gasteiger partial charge < -0.3 is 10.2 Å². The van der Waals surface area contributed by atoms with Crippen LogP contribution in [0.5, 0.6) is 0 Å². The van der Waals surface area contributed by atoms with Gasteiger partial charge in [0.15, 0.2) is 0 Å². The smallest absolute Gasteiger partial charge is 0.244 e. The van der Waals surface area contributed by atoms with Crippen molar-refractivity contribution in [2.45, 2.75) is 64.8 Å². The van der Waals surface area contributed by atoms with E-state index >= 15 is 0 Å². The average Bonchev–Trinajstić information content (AvgIpc) is 2.79. The van der Waals surface area contributed by atoms with Gasteiger partial charge in [0.05, 0.1) is 0 Å². The molecule has 0 aliphatic carbocycles. The summed E-state index contributed by atoms with van der Waals surface area (Å²) in [4.78, 5) is 18.6. The highest BCUT2D eigenvalue weighted by Gasteiger charge is 2.06. The van der Waals surface area contributed by atoms with E-state index in [1.54, 1.807) is 12.3 Å². The quantitative estimate of drug-likeness (QED) is 0.232. The molecule has 2 aromatic rings. The first-order valence-corrected chi connectivity index (χ1v) is 11.8. The number of hydrogen-bond donors (Lipinski definition) is 1. The lowest BCUT2D eigenvalue weighted by Crippen LogP contribution is -2.31. The zero-order valence-electron chi connectivity index (χ0n) is 20.2. The van der Waals surface area contributed by atoms with E-state index in [2.05, 4.69) is 65.5 Å². The highest BCUT2D eigenvalue weighted by molar-refractivity contribution is 5.88. The number of aromatic nitrogens is 1. The van der Waals surface area contributed by atoms with Crippen molar-refractivity contribution in [3.8, 4) is 0 Å². The van der Waals surface area contributed by atoms with Crippen LogP contribution in [0.2, 0.25) is 0 Å². The molecule has 4 heteroatoms. The molecule has 1 aromatic carbocycles. The Bertz CT molecular complexity index is 854. The summed E-state index contributed by atoms with van der Waals surface area (Å²) in [5.41, 5.74) is 4.93.